The Morgan fingerprint density at radius 1 is 1.43 bits per heavy atom. The number of rotatable bonds is 4. The smallest absolute Gasteiger partial charge is 0.410 e. The number of carbonyl (C=O) groups is 2. The van der Waals surface area contributed by atoms with Crippen molar-refractivity contribution in [2.75, 3.05) is 18.5 Å². The maximum atomic E-state index is 12.5. The number of benzene rings is 1. The first-order chi connectivity index (χ1) is 10.9. The normalized spacial score (nSPS) is 20.7. The van der Waals surface area contributed by atoms with Crippen LogP contribution < -0.4 is 5.32 Å². The van der Waals surface area contributed by atoms with E-state index in [1.165, 1.54) is 4.90 Å². The van der Waals surface area contributed by atoms with Crippen LogP contribution in [0.3, 0.4) is 0 Å². The van der Waals surface area contributed by atoms with E-state index in [9.17, 15) is 14.7 Å². The van der Waals surface area contributed by atoms with E-state index in [-0.39, 0.29) is 31.4 Å². The molecule has 1 aromatic carbocycles. The van der Waals surface area contributed by atoms with E-state index in [1.54, 1.807) is 6.07 Å². The Kier molecular flexibility index (Phi) is 5.60. The molecular formula is C17H24N2O4. The highest BCUT2D eigenvalue weighted by Crippen LogP contribution is 2.21. The van der Waals surface area contributed by atoms with Crippen molar-refractivity contribution in [3.05, 3.63) is 29.8 Å². The molecule has 0 saturated carbocycles. The molecule has 1 saturated heterocycles. The summed E-state index contributed by atoms with van der Waals surface area (Å²) in [6.45, 7) is 6.22. The summed E-state index contributed by atoms with van der Waals surface area (Å²) in [6, 6.07) is 6.71. The SMILES string of the molecule is Cc1cccc(NC(=O)[C@H]2C[C@H](O)CN2C(=O)OCC(C)C)c1. The molecule has 1 aliphatic rings. The Morgan fingerprint density at radius 2 is 2.17 bits per heavy atom. The Balaban J connectivity index is 2.03. The minimum atomic E-state index is -0.717. The predicted octanol–water partition coefficient (Wildman–Crippen LogP) is 2.16. The summed E-state index contributed by atoms with van der Waals surface area (Å²) >= 11 is 0. The van der Waals surface area contributed by atoms with E-state index < -0.39 is 18.2 Å². The molecule has 0 aromatic heterocycles. The second-order valence-electron chi connectivity index (χ2n) is 6.39. The molecular weight excluding hydrogens is 296 g/mol. The number of hydrogen-bond acceptors (Lipinski definition) is 4. The average Bonchev–Trinajstić information content (AvgIpc) is 2.87. The third kappa shape index (κ3) is 4.69. The fourth-order valence-electron chi connectivity index (χ4n) is 2.53. The van der Waals surface area contributed by atoms with Gasteiger partial charge in [-0.15, -0.1) is 0 Å². The second kappa shape index (κ2) is 7.46. The van der Waals surface area contributed by atoms with Crippen molar-refractivity contribution in [3.8, 4) is 0 Å². The van der Waals surface area contributed by atoms with Crippen molar-refractivity contribution in [2.24, 2.45) is 5.92 Å². The molecule has 6 heteroatoms. The summed E-state index contributed by atoms with van der Waals surface area (Å²) in [5.41, 5.74) is 1.70. The number of carbonyl (C=O) groups excluding carboxylic acids is 2. The van der Waals surface area contributed by atoms with Crippen LogP contribution in [-0.2, 0) is 9.53 Å². The third-order valence-electron chi connectivity index (χ3n) is 3.64. The maximum absolute atomic E-state index is 12.5. The minimum Gasteiger partial charge on any atom is -0.449 e. The Hall–Kier alpha value is -2.08. The fourth-order valence-corrected chi connectivity index (χ4v) is 2.53. The number of amides is 2. The summed E-state index contributed by atoms with van der Waals surface area (Å²) in [4.78, 5) is 25.9. The molecule has 1 heterocycles. The number of aliphatic hydroxyl groups excluding tert-OH is 1. The zero-order chi connectivity index (χ0) is 17.0. The highest BCUT2D eigenvalue weighted by atomic mass is 16.6. The van der Waals surface area contributed by atoms with Gasteiger partial charge in [0.25, 0.3) is 0 Å². The van der Waals surface area contributed by atoms with Gasteiger partial charge in [-0.05, 0) is 30.5 Å². The van der Waals surface area contributed by atoms with Gasteiger partial charge in [0, 0.05) is 12.1 Å². The highest BCUT2D eigenvalue weighted by Gasteiger charge is 2.39. The Bertz CT molecular complexity index is 573. The molecule has 0 spiro atoms. The summed E-state index contributed by atoms with van der Waals surface area (Å²) in [5, 5.41) is 12.6. The van der Waals surface area contributed by atoms with E-state index in [2.05, 4.69) is 5.32 Å². The van der Waals surface area contributed by atoms with Crippen LogP contribution in [0.5, 0.6) is 0 Å². The molecule has 2 rings (SSSR count). The molecule has 0 radical (unpaired) electrons. The summed E-state index contributed by atoms with van der Waals surface area (Å²) in [5.74, 6) is -0.0975. The molecule has 2 amide bonds. The zero-order valence-electron chi connectivity index (χ0n) is 13.8. The largest absolute Gasteiger partial charge is 0.449 e. The van der Waals surface area contributed by atoms with E-state index >= 15 is 0 Å². The molecule has 2 atom stereocenters. The van der Waals surface area contributed by atoms with Gasteiger partial charge < -0.3 is 15.2 Å². The molecule has 1 aliphatic heterocycles. The van der Waals surface area contributed by atoms with Crippen LogP contribution in [0.1, 0.15) is 25.8 Å². The lowest BCUT2D eigenvalue weighted by Crippen LogP contribution is -2.43. The van der Waals surface area contributed by atoms with Crippen molar-refractivity contribution in [1.29, 1.82) is 0 Å². The van der Waals surface area contributed by atoms with E-state index in [1.807, 2.05) is 39.0 Å². The van der Waals surface area contributed by atoms with Crippen molar-refractivity contribution in [3.63, 3.8) is 0 Å². The summed E-state index contributed by atoms with van der Waals surface area (Å²) in [6.07, 6.45) is -1.05. The molecule has 2 N–H and O–H groups in total. The van der Waals surface area contributed by atoms with E-state index in [4.69, 9.17) is 4.74 Å². The number of aliphatic hydroxyl groups is 1. The van der Waals surface area contributed by atoms with Crippen LogP contribution >= 0.6 is 0 Å². The number of anilines is 1. The number of β-amino-alcohol motifs (C(OH)–C–C–N with tert-alkyl or cyclic N) is 1. The predicted molar refractivity (Wildman–Crippen MR) is 87.1 cm³/mol. The first-order valence-electron chi connectivity index (χ1n) is 7.86. The van der Waals surface area contributed by atoms with Crippen molar-refractivity contribution in [1.82, 2.24) is 4.90 Å². The lowest BCUT2D eigenvalue weighted by Gasteiger charge is -2.23. The van der Waals surface area contributed by atoms with Gasteiger partial charge in [-0.25, -0.2) is 4.79 Å². The van der Waals surface area contributed by atoms with E-state index in [0.29, 0.717) is 5.69 Å². The zero-order valence-corrected chi connectivity index (χ0v) is 13.8. The number of ether oxygens (including phenoxy) is 1. The van der Waals surface area contributed by atoms with Crippen molar-refractivity contribution < 1.29 is 19.4 Å². The van der Waals surface area contributed by atoms with Crippen LogP contribution in [-0.4, -0.2) is 47.3 Å². The number of nitrogens with one attached hydrogen (secondary N) is 1. The standard InChI is InChI=1S/C17H24N2O4/c1-11(2)10-23-17(22)19-9-14(20)8-15(19)16(21)18-13-6-4-5-12(3)7-13/h4-7,11,14-15,20H,8-10H2,1-3H3,(H,18,21)/t14-,15+/m0/s1. The van der Waals surface area contributed by atoms with Crippen LogP contribution in [0, 0.1) is 12.8 Å². The van der Waals surface area contributed by atoms with E-state index in [0.717, 1.165) is 5.56 Å². The van der Waals surface area contributed by atoms with Gasteiger partial charge in [0.05, 0.1) is 19.3 Å². The monoisotopic (exact) mass is 320 g/mol. The molecule has 6 nitrogen and oxygen atoms in total. The van der Waals surface area contributed by atoms with Gasteiger partial charge in [-0.3, -0.25) is 9.69 Å². The summed E-state index contributed by atoms with van der Waals surface area (Å²) < 4.78 is 5.18. The van der Waals surface area contributed by atoms with Gasteiger partial charge in [-0.1, -0.05) is 26.0 Å². The molecule has 1 aromatic rings. The Morgan fingerprint density at radius 3 is 2.83 bits per heavy atom. The first kappa shape index (κ1) is 17.3. The lowest BCUT2D eigenvalue weighted by atomic mass is 10.1. The van der Waals surface area contributed by atoms with Crippen LogP contribution in [0.4, 0.5) is 10.5 Å². The van der Waals surface area contributed by atoms with Crippen LogP contribution in [0.2, 0.25) is 0 Å². The van der Waals surface area contributed by atoms with Gasteiger partial charge >= 0.3 is 6.09 Å². The van der Waals surface area contributed by atoms with Crippen molar-refractivity contribution in [2.45, 2.75) is 39.3 Å². The molecule has 1 fully saturated rings. The number of aryl methyl sites for hydroxylation is 1. The average molecular weight is 320 g/mol. The fraction of sp³-hybridized carbons (Fsp3) is 0.529. The highest BCUT2D eigenvalue weighted by molar-refractivity contribution is 5.97. The molecule has 0 bridgehead atoms. The summed E-state index contributed by atoms with van der Waals surface area (Å²) in [7, 11) is 0. The van der Waals surface area contributed by atoms with Gasteiger partial charge in [0.15, 0.2) is 0 Å². The lowest BCUT2D eigenvalue weighted by molar-refractivity contribution is -0.120. The second-order valence-corrected chi connectivity index (χ2v) is 6.39. The quantitative estimate of drug-likeness (QED) is 0.891. The van der Waals surface area contributed by atoms with Gasteiger partial charge in [0.1, 0.15) is 6.04 Å². The number of likely N-dealkylation sites (tertiary alicyclic amines) is 1. The minimum absolute atomic E-state index is 0.114. The van der Waals surface area contributed by atoms with Crippen molar-refractivity contribution >= 4 is 17.7 Å². The maximum Gasteiger partial charge on any atom is 0.410 e. The molecule has 0 aliphatic carbocycles. The van der Waals surface area contributed by atoms with Gasteiger partial charge in [0.2, 0.25) is 5.91 Å². The van der Waals surface area contributed by atoms with Gasteiger partial charge in [-0.2, -0.15) is 0 Å². The number of hydrogen-bond donors (Lipinski definition) is 2. The van der Waals surface area contributed by atoms with Crippen LogP contribution in [0.15, 0.2) is 24.3 Å². The Labute approximate surface area is 136 Å². The molecule has 23 heavy (non-hydrogen) atoms. The molecule has 126 valence electrons. The van der Waals surface area contributed by atoms with Crippen LogP contribution in [0.25, 0.3) is 0 Å². The first-order valence-corrected chi connectivity index (χ1v) is 7.86. The number of nitrogens with zero attached hydrogens (tertiary/aromatic N) is 1. The third-order valence-corrected chi connectivity index (χ3v) is 3.64. The molecule has 0 unspecified atom stereocenters. The topological polar surface area (TPSA) is 78.9 Å².